The Labute approximate surface area is 117 Å². The molecule has 0 aliphatic rings. The van der Waals surface area contributed by atoms with Crippen LogP contribution >= 0.6 is 27.7 Å². The summed E-state index contributed by atoms with van der Waals surface area (Å²) in [5, 5.41) is 1.27. The van der Waals surface area contributed by atoms with Gasteiger partial charge in [0.05, 0.1) is 0 Å². The van der Waals surface area contributed by atoms with Gasteiger partial charge in [-0.2, -0.15) is 0 Å². The van der Waals surface area contributed by atoms with Crippen molar-refractivity contribution in [1.29, 1.82) is 0 Å². The number of benzene rings is 2. The molecule has 18 heavy (non-hydrogen) atoms. The summed E-state index contributed by atoms with van der Waals surface area (Å²) in [6, 6.07) is 13.5. The molecule has 0 fully saturated rings. The molecule has 0 saturated carbocycles. The average molecular weight is 292 g/mol. The van der Waals surface area contributed by atoms with Crippen LogP contribution in [-0.4, -0.2) is 0 Å². The predicted molar refractivity (Wildman–Crippen MR) is 92.8 cm³/mol. The fourth-order valence-electron chi connectivity index (χ4n) is 2.02. The van der Waals surface area contributed by atoms with Gasteiger partial charge in [0, 0.05) is 0 Å². The van der Waals surface area contributed by atoms with Gasteiger partial charge in [0.25, 0.3) is 0 Å². The normalized spacial score (nSPS) is 10.7. The number of aryl methyl sites for hydroxylation is 1. The van der Waals surface area contributed by atoms with Gasteiger partial charge >= 0.3 is 0 Å². The van der Waals surface area contributed by atoms with Crippen molar-refractivity contribution < 1.29 is 0 Å². The zero-order chi connectivity index (χ0) is 13.1. The minimum atomic E-state index is 1.01. The second-order valence-electron chi connectivity index (χ2n) is 4.52. The first-order chi connectivity index (χ1) is 8.63. The third kappa shape index (κ3) is 3.19. The summed E-state index contributed by atoms with van der Waals surface area (Å²) in [5.41, 5.74) is 6.70. The van der Waals surface area contributed by atoms with Crippen molar-refractivity contribution in [1.82, 2.24) is 0 Å². The highest BCUT2D eigenvalue weighted by Gasteiger charge is 2.03. The maximum atomic E-state index is 2.80. The van der Waals surface area contributed by atoms with Gasteiger partial charge in [-0.1, -0.05) is 36.4 Å². The molecule has 2 rings (SSSR count). The van der Waals surface area contributed by atoms with Gasteiger partial charge < -0.3 is 0 Å². The van der Waals surface area contributed by atoms with Crippen LogP contribution in [0.1, 0.15) is 16.7 Å². The Morgan fingerprint density at radius 1 is 0.833 bits per heavy atom. The van der Waals surface area contributed by atoms with Crippen molar-refractivity contribution in [2.24, 2.45) is 0 Å². The Morgan fingerprint density at radius 2 is 1.44 bits per heavy atom. The molecule has 0 N–H and O–H groups in total. The minimum absolute atomic E-state index is 1.01. The molecule has 3 unspecified atom stereocenters. The number of hydrogen-bond acceptors (Lipinski definition) is 0. The lowest BCUT2D eigenvalue weighted by Crippen LogP contribution is -1.96. The molecule has 0 spiro atoms. The summed E-state index contributed by atoms with van der Waals surface area (Å²) in [6.45, 7) is 2.15. The fraction of sp³-hybridized carbons (Fsp3) is 0.200. The standard InChI is InChI=1S/C15H19P3/c1-10-4-13(2-3-15(10)18)14-6-11(8-16)5-12(7-14)9-17/h2-7H,8-9,16-18H2,1H3. The molecule has 0 aliphatic carbocycles. The van der Waals surface area contributed by atoms with Crippen LogP contribution in [0.4, 0.5) is 0 Å². The van der Waals surface area contributed by atoms with Crippen LogP contribution in [-0.2, 0) is 12.3 Å². The van der Waals surface area contributed by atoms with E-state index in [4.69, 9.17) is 0 Å². The van der Waals surface area contributed by atoms with Crippen molar-refractivity contribution in [3.05, 3.63) is 53.1 Å². The monoisotopic (exact) mass is 292 g/mol. The van der Waals surface area contributed by atoms with E-state index >= 15 is 0 Å². The first-order valence-corrected chi connectivity index (χ1v) is 8.24. The van der Waals surface area contributed by atoms with Gasteiger partial charge in [0.15, 0.2) is 0 Å². The average Bonchev–Trinajstić information content (AvgIpc) is 2.41. The van der Waals surface area contributed by atoms with Crippen LogP contribution in [0.5, 0.6) is 0 Å². The van der Waals surface area contributed by atoms with Gasteiger partial charge in [0.1, 0.15) is 0 Å². The lowest BCUT2D eigenvalue weighted by molar-refractivity contribution is 1.33. The van der Waals surface area contributed by atoms with Gasteiger partial charge in [-0.05, 0) is 52.4 Å². The topological polar surface area (TPSA) is 0 Å². The SMILES string of the molecule is Cc1cc(-c2cc(CP)cc(CP)c2)ccc1P. The Morgan fingerprint density at radius 3 is 1.94 bits per heavy atom. The lowest BCUT2D eigenvalue weighted by Gasteiger charge is -2.09. The van der Waals surface area contributed by atoms with Crippen molar-refractivity contribution in [3.63, 3.8) is 0 Å². The summed E-state index contributed by atoms with van der Waals surface area (Å²) in [6.07, 6.45) is 2.01. The van der Waals surface area contributed by atoms with Gasteiger partial charge in [-0.3, -0.25) is 0 Å². The van der Waals surface area contributed by atoms with Crippen LogP contribution < -0.4 is 5.30 Å². The molecular formula is C15H19P3. The fourth-order valence-corrected chi connectivity index (χ4v) is 2.67. The van der Waals surface area contributed by atoms with Crippen molar-refractivity contribution in [2.45, 2.75) is 19.2 Å². The largest absolute Gasteiger partial charge is 0.133 e. The Kier molecular flexibility index (Phi) is 4.91. The van der Waals surface area contributed by atoms with E-state index in [1.54, 1.807) is 0 Å². The third-order valence-corrected chi connectivity index (χ3v) is 4.72. The molecule has 3 atom stereocenters. The molecule has 0 radical (unpaired) electrons. The number of hydrogen-bond donors (Lipinski definition) is 0. The third-order valence-electron chi connectivity index (χ3n) is 3.13. The molecule has 94 valence electrons. The van der Waals surface area contributed by atoms with Crippen molar-refractivity contribution in [2.75, 3.05) is 0 Å². The molecule has 0 amide bonds. The molecule has 0 nitrogen and oxygen atoms in total. The zero-order valence-corrected chi connectivity index (χ0v) is 14.1. The van der Waals surface area contributed by atoms with Crippen LogP contribution in [0, 0.1) is 6.92 Å². The summed E-state index contributed by atoms with van der Waals surface area (Å²) < 4.78 is 0. The van der Waals surface area contributed by atoms with Crippen LogP contribution in [0.25, 0.3) is 11.1 Å². The van der Waals surface area contributed by atoms with Crippen LogP contribution in [0.2, 0.25) is 0 Å². The first-order valence-electron chi connectivity index (χ1n) is 6.03. The van der Waals surface area contributed by atoms with E-state index < -0.39 is 0 Å². The van der Waals surface area contributed by atoms with E-state index in [1.807, 2.05) is 0 Å². The smallest absolute Gasteiger partial charge is 0.0128 e. The predicted octanol–water partition coefficient (Wildman–Crippen LogP) is 3.91. The molecule has 3 heteroatoms. The molecule has 2 aromatic rings. The second-order valence-corrected chi connectivity index (χ2v) is 5.96. The summed E-state index contributed by atoms with van der Waals surface area (Å²) in [5.74, 6) is 0. The van der Waals surface area contributed by atoms with Crippen molar-refractivity contribution >= 4 is 33.0 Å². The summed E-state index contributed by atoms with van der Waals surface area (Å²) >= 11 is 0. The Hall–Kier alpha value is -0.270. The molecule has 0 aliphatic heterocycles. The van der Waals surface area contributed by atoms with E-state index in [0.717, 1.165) is 12.3 Å². The van der Waals surface area contributed by atoms with Gasteiger partial charge in [0.2, 0.25) is 0 Å². The van der Waals surface area contributed by atoms with Crippen LogP contribution in [0.15, 0.2) is 36.4 Å². The summed E-state index contributed by atoms with van der Waals surface area (Å²) in [7, 11) is 8.38. The van der Waals surface area contributed by atoms with Gasteiger partial charge in [-0.25, -0.2) is 0 Å². The highest BCUT2D eigenvalue weighted by atomic mass is 31.0. The lowest BCUT2D eigenvalue weighted by atomic mass is 9.99. The van der Waals surface area contributed by atoms with E-state index in [2.05, 4.69) is 71.0 Å². The molecule has 0 aromatic heterocycles. The quantitative estimate of drug-likeness (QED) is 0.752. The van der Waals surface area contributed by atoms with E-state index in [1.165, 1.54) is 33.1 Å². The Balaban J connectivity index is 2.51. The maximum Gasteiger partial charge on any atom is -0.0128 e. The molecular weight excluding hydrogens is 273 g/mol. The highest BCUT2D eigenvalue weighted by molar-refractivity contribution is 7.27. The van der Waals surface area contributed by atoms with E-state index in [0.29, 0.717) is 0 Å². The Bertz CT molecular complexity index is 539. The first kappa shape index (κ1) is 14.1. The second kappa shape index (κ2) is 6.25. The molecule has 0 heterocycles. The molecule has 2 aromatic carbocycles. The highest BCUT2D eigenvalue weighted by Crippen LogP contribution is 2.25. The maximum absolute atomic E-state index is 2.80. The van der Waals surface area contributed by atoms with E-state index in [-0.39, 0.29) is 0 Å². The zero-order valence-electron chi connectivity index (χ0n) is 10.6. The van der Waals surface area contributed by atoms with Crippen molar-refractivity contribution in [3.8, 4) is 11.1 Å². The summed E-state index contributed by atoms with van der Waals surface area (Å²) in [4.78, 5) is 0. The minimum Gasteiger partial charge on any atom is -0.133 e. The van der Waals surface area contributed by atoms with Crippen LogP contribution in [0.3, 0.4) is 0 Å². The van der Waals surface area contributed by atoms with E-state index in [9.17, 15) is 0 Å². The molecule has 0 saturated heterocycles. The number of rotatable bonds is 3. The van der Waals surface area contributed by atoms with Gasteiger partial charge in [-0.15, -0.1) is 27.7 Å². The molecule has 0 bridgehead atoms.